The zero-order chi connectivity index (χ0) is 9.35. The Morgan fingerprint density at radius 1 is 1.58 bits per heavy atom. The van der Waals surface area contributed by atoms with Gasteiger partial charge in [-0.2, -0.15) is 13.2 Å². The minimum atomic E-state index is -4.67. The Balaban J connectivity index is 3.00. The van der Waals surface area contributed by atoms with Crippen molar-refractivity contribution in [2.45, 2.75) is 6.18 Å². The summed E-state index contributed by atoms with van der Waals surface area (Å²) in [7, 11) is 0. The van der Waals surface area contributed by atoms with Crippen molar-refractivity contribution in [1.82, 2.24) is 5.16 Å². The fraction of sp³-hybridized carbons (Fsp3) is 0.200. The molecule has 0 aliphatic heterocycles. The number of hydrogen-bond acceptors (Lipinski definition) is 3. The van der Waals surface area contributed by atoms with Crippen molar-refractivity contribution < 1.29 is 27.6 Å². The molecule has 0 saturated carbocycles. The maximum Gasteiger partial charge on any atom is 0.436 e. The SMILES string of the molecule is O=C(O)c1cc(C(F)(F)F)no1. The first kappa shape index (κ1) is 8.57. The summed E-state index contributed by atoms with van der Waals surface area (Å²) in [5.41, 5.74) is -1.35. The topological polar surface area (TPSA) is 63.3 Å². The van der Waals surface area contributed by atoms with E-state index < -0.39 is 23.6 Å². The first-order valence-corrected chi connectivity index (χ1v) is 2.68. The van der Waals surface area contributed by atoms with Crippen LogP contribution in [0, 0.1) is 0 Å². The lowest BCUT2D eigenvalue weighted by atomic mass is 10.3. The maximum absolute atomic E-state index is 11.7. The van der Waals surface area contributed by atoms with Gasteiger partial charge in [-0.25, -0.2) is 4.79 Å². The summed E-state index contributed by atoms with van der Waals surface area (Å²) >= 11 is 0. The number of hydrogen-bond donors (Lipinski definition) is 1. The van der Waals surface area contributed by atoms with Crippen LogP contribution < -0.4 is 0 Å². The van der Waals surface area contributed by atoms with E-state index in [0.29, 0.717) is 6.07 Å². The van der Waals surface area contributed by atoms with Crippen molar-refractivity contribution in [3.05, 3.63) is 17.5 Å². The molecule has 0 amide bonds. The molecule has 0 bridgehead atoms. The third-order valence-corrected chi connectivity index (χ3v) is 1.01. The van der Waals surface area contributed by atoms with E-state index in [0.717, 1.165) is 0 Å². The minimum absolute atomic E-state index is 0.322. The van der Waals surface area contributed by atoms with Crippen LogP contribution in [0.2, 0.25) is 0 Å². The second-order valence-corrected chi connectivity index (χ2v) is 1.88. The molecule has 0 radical (unpaired) electrons. The van der Waals surface area contributed by atoms with Gasteiger partial charge in [0.2, 0.25) is 5.76 Å². The number of carboxylic acid groups (broad SMARTS) is 1. The van der Waals surface area contributed by atoms with Crippen molar-refractivity contribution in [3.63, 3.8) is 0 Å². The number of aromatic carboxylic acids is 1. The fourth-order valence-corrected chi connectivity index (χ4v) is 0.510. The molecule has 0 atom stereocenters. The quantitative estimate of drug-likeness (QED) is 0.710. The second-order valence-electron chi connectivity index (χ2n) is 1.88. The van der Waals surface area contributed by atoms with Gasteiger partial charge in [0.05, 0.1) is 0 Å². The van der Waals surface area contributed by atoms with Crippen LogP contribution in [0.5, 0.6) is 0 Å². The highest BCUT2D eigenvalue weighted by Gasteiger charge is 2.35. The molecule has 0 saturated heterocycles. The highest BCUT2D eigenvalue weighted by Crippen LogP contribution is 2.28. The molecule has 12 heavy (non-hydrogen) atoms. The minimum Gasteiger partial charge on any atom is -0.475 e. The number of nitrogens with zero attached hydrogens (tertiary/aromatic N) is 1. The van der Waals surface area contributed by atoms with Gasteiger partial charge >= 0.3 is 12.1 Å². The van der Waals surface area contributed by atoms with E-state index in [2.05, 4.69) is 9.68 Å². The number of alkyl halides is 3. The van der Waals surface area contributed by atoms with Gasteiger partial charge < -0.3 is 9.63 Å². The second kappa shape index (κ2) is 2.50. The maximum atomic E-state index is 11.7. The van der Waals surface area contributed by atoms with E-state index in [9.17, 15) is 18.0 Å². The Labute approximate surface area is 63.6 Å². The van der Waals surface area contributed by atoms with Crippen LogP contribution in [0.15, 0.2) is 10.6 Å². The average molecular weight is 181 g/mol. The largest absolute Gasteiger partial charge is 0.475 e. The summed E-state index contributed by atoms with van der Waals surface area (Å²) in [6.45, 7) is 0. The predicted molar refractivity (Wildman–Crippen MR) is 28.5 cm³/mol. The Kier molecular flexibility index (Phi) is 1.79. The van der Waals surface area contributed by atoms with Crippen LogP contribution in [-0.2, 0) is 6.18 Å². The molecule has 1 N–H and O–H groups in total. The first-order valence-electron chi connectivity index (χ1n) is 2.68. The van der Waals surface area contributed by atoms with Gasteiger partial charge in [0.1, 0.15) is 0 Å². The number of carboxylic acids is 1. The molecule has 7 heteroatoms. The number of halogens is 3. The van der Waals surface area contributed by atoms with Crippen molar-refractivity contribution in [3.8, 4) is 0 Å². The highest BCUT2D eigenvalue weighted by atomic mass is 19.4. The van der Waals surface area contributed by atoms with Crippen LogP contribution >= 0.6 is 0 Å². The van der Waals surface area contributed by atoms with Gasteiger partial charge in [-0.05, 0) is 0 Å². The Morgan fingerprint density at radius 3 is 2.42 bits per heavy atom. The molecule has 66 valence electrons. The molecule has 0 fully saturated rings. The molecule has 0 unspecified atom stereocenters. The molecule has 4 nitrogen and oxygen atoms in total. The summed E-state index contributed by atoms with van der Waals surface area (Å²) in [6.07, 6.45) is -4.67. The molecular formula is C5H2F3NO3. The van der Waals surface area contributed by atoms with E-state index in [1.807, 2.05) is 0 Å². The van der Waals surface area contributed by atoms with Crippen LogP contribution in [0.1, 0.15) is 16.2 Å². The monoisotopic (exact) mass is 181 g/mol. The smallest absolute Gasteiger partial charge is 0.436 e. The predicted octanol–water partition coefficient (Wildman–Crippen LogP) is 1.39. The lowest BCUT2D eigenvalue weighted by molar-refractivity contribution is -0.142. The van der Waals surface area contributed by atoms with Gasteiger partial charge in [-0.1, -0.05) is 5.16 Å². The van der Waals surface area contributed by atoms with Crippen LogP contribution in [0.3, 0.4) is 0 Å². The summed E-state index contributed by atoms with van der Waals surface area (Å²) in [5, 5.41) is 10.7. The van der Waals surface area contributed by atoms with Gasteiger partial charge in [0.15, 0.2) is 5.69 Å². The Hall–Kier alpha value is -1.53. The van der Waals surface area contributed by atoms with Crippen LogP contribution in [-0.4, -0.2) is 16.2 Å². The van der Waals surface area contributed by atoms with Gasteiger partial charge in [-0.3, -0.25) is 0 Å². The van der Waals surface area contributed by atoms with Crippen LogP contribution in [0.25, 0.3) is 0 Å². The lowest BCUT2D eigenvalue weighted by Gasteiger charge is -1.97. The number of carbonyl (C=O) groups is 1. The van der Waals surface area contributed by atoms with Crippen molar-refractivity contribution >= 4 is 5.97 Å². The van der Waals surface area contributed by atoms with Crippen LogP contribution in [0.4, 0.5) is 13.2 Å². The summed E-state index contributed by atoms with van der Waals surface area (Å²) < 4.78 is 39.1. The van der Waals surface area contributed by atoms with E-state index in [4.69, 9.17) is 5.11 Å². The molecule has 1 rings (SSSR count). The average Bonchev–Trinajstić information content (AvgIpc) is 2.30. The van der Waals surface area contributed by atoms with Crippen molar-refractivity contribution in [2.75, 3.05) is 0 Å². The molecule has 0 spiro atoms. The lowest BCUT2D eigenvalue weighted by Crippen LogP contribution is -2.04. The standard InChI is InChI=1S/C5H2F3NO3/c6-5(7,8)3-1-2(4(10)11)12-9-3/h1H,(H,10,11). The fourth-order valence-electron chi connectivity index (χ4n) is 0.510. The van der Waals surface area contributed by atoms with Gasteiger partial charge in [0, 0.05) is 6.07 Å². The zero-order valence-corrected chi connectivity index (χ0v) is 5.42. The Bertz CT molecular complexity index is 303. The van der Waals surface area contributed by atoms with Crippen molar-refractivity contribution in [2.24, 2.45) is 0 Å². The van der Waals surface area contributed by atoms with E-state index in [1.54, 1.807) is 0 Å². The molecule has 0 aliphatic carbocycles. The number of rotatable bonds is 1. The zero-order valence-electron chi connectivity index (χ0n) is 5.42. The van der Waals surface area contributed by atoms with Gasteiger partial charge in [0.25, 0.3) is 0 Å². The Morgan fingerprint density at radius 2 is 2.17 bits per heavy atom. The molecule has 0 aromatic carbocycles. The third-order valence-electron chi connectivity index (χ3n) is 1.01. The normalized spacial score (nSPS) is 11.6. The first-order chi connectivity index (χ1) is 5.41. The highest BCUT2D eigenvalue weighted by molar-refractivity contribution is 5.84. The van der Waals surface area contributed by atoms with E-state index >= 15 is 0 Å². The molecule has 1 aromatic heterocycles. The van der Waals surface area contributed by atoms with E-state index in [-0.39, 0.29) is 0 Å². The summed E-state index contributed by atoms with van der Waals surface area (Å²) in [6, 6.07) is 0.322. The van der Waals surface area contributed by atoms with Gasteiger partial charge in [-0.15, -0.1) is 0 Å². The number of aromatic nitrogens is 1. The summed E-state index contributed by atoms with van der Waals surface area (Å²) in [5.74, 6) is -2.42. The van der Waals surface area contributed by atoms with E-state index in [1.165, 1.54) is 0 Å². The molecule has 1 aromatic rings. The molecular weight excluding hydrogens is 179 g/mol. The molecule has 1 heterocycles. The third kappa shape index (κ3) is 1.55. The summed E-state index contributed by atoms with van der Waals surface area (Å²) in [4.78, 5) is 10.0. The van der Waals surface area contributed by atoms with Crippen molar-refractivity contribution in [1.29, 1.82) is 0 Å². The molecule has 0 aliphatic rings.